The number of esters is 2. The highest BCUT2D eigenvalue weighted by molar-refractivity contribution is 5.70. The summed E-state index contributed by atoms with van der Waals surface area (Å²) in [6.45, 7) is 4.55. The number of nitrogens with zero attached hydrogens (tertiary/aromatic N) is 1. The second-order valence-corrected chi connectivity index (χ2v) is 13.5. The Hall–Kier alpha value is -1.93. The smallest absolute Gasteiger partial charge is 0.306 e. The summed E-state index contributed by atoms with van der Waals surface area (Å²) in [7, 11) is 5.38. The molecule has 0 fully saturated rings. The number of carbonyl (C=O) groups excluding carboxylic acids is 3. The zero-order valence-corrected chi connectivity index (χ0v) is 29.8. The quantitative estimate of drug-likeness (QED) is 0.0326. The van der Waals surface area contributed by atoms with Crippen LogP contribution in [0.15, 0.2) is 12.2 Å². The molecule has 0 saturated heterocycles. The van der Waals surface area contributed by atoms with Crippen LogP contribution in [0.4, 0.5) is 0 Å². The van der Waals surface area contributed by atoms with Crippen molar-refractivity contribution in [2.24, 2.45) is 0 Å². The summed E-state index contributed by atoms with van der Waals surface area (Å²) < 4.78 is 17.0. The van der Waals surface area contributed by atoms with Crippen LogP contribution in [0.5, 0.6) is 0 Å². The SMILES string of the molecule is CCCCC/C=C/CCC(=O)OCC(COCCC(C(=O)[O-])[N+](C)(C)C)OC(=O)CCCCCCCCCCCCCCCC. The molecule has 0 aromatic carbocycles. The number of unbranched alkanes of at least 4 members (excludes halogenated alkanes) is 16. The molecule has 0 rings (SSSR count). The minimum atomic E-state index is -1.13. The summed E-state index contributed by atoms with van der Waals surface area (Å²) in [5.74, 6) is -1.80. The Bertz CT molecular complexity index is 762. The monoisotopic (exact) mass is 640 g/mol. The molecule has 0 N–H and O–H groups in total. The van der Waals surface area contributed by atoms with Crippen LogP contribution in [0.1, 0.15) is 155 Å². The standard InChI is InChI=1S/C37H69NO7/c1-6-8-10-12-14-15-16-17-18-19-20-22-24-26-28-36(40)45-33(31-43-30-29-34(37(41)42)38(3,4)5)32-44-35(39)27-25-23-21-13-11-9-7-2/h21,23,33-34H,6-20,22,24-32H2,1-5H3/b23-21+. The number of aliphatic carboxylic acids is 1. The Balaban J connectivity index is 4.40. The molecule has 0 spiro atoms. The minimum Gasteiger partial charge on any atom is -0.544 e. The van der Waals surface area contributed by atoms with Gasteiger partial charge in [0, 0.05) is 19.3 Å². The Kier molecular flexibility index (Phi) is 28.2. The molecule has 0 aliphatic rings. The van der Waals surface area contributed by atoms with Crippen molar-refractivity contribution in [3.8, 4) is 0 Å². The average Bonchev–Trinajstić information content (AvgIpc) is 2.98. The van der Waals surface area contributed by atoms with Crippen LogP contribution in [0.25, 0.3) is 0 Å². The highest BCUT2D eigenvalue weighted by atomic mass is 16.6. The van der Waals surface area contributed by atoms with E-state index in [9.17, 15) is 19.5 Å². The van der Waals surface area contributed by atoms with Crippen molar-refractivity contribution in [3.63, 3.8) is 0 Å². The number of carbonyl (C=O) groups is 3. The van der Waals surface area contributed by atoms with Crippen molar-refractivity contribution in [1.29, 1.82) is 0 Å². The molecule has 0 heterocycles. The van der Waals surface area contributed by atoms with Gasteiger partial charge < -0.3 is 28.6 Å². The molecule has 0 aliphatic heterocycles. The number of hydrogen-bond acceptors (Lipinski definition) is 7. The van der Waals surface area contributed by atoms with Gasteiger partial charge in [0.1, 0.15) is 12.6 Å². The second kappa shape index (κ2) is 29.5. The molecule has 45 heavy (non-hydrogen) atoms. The van der Waals surface area contributed by atoms with Crippen molar-refractivity contribution in [2.75, 3.05) is 41.0 Å². The van der Waals surface area contributed by atoms with Crippen molar-refractivity contribution in [3.05, 3.63) is 12.2 Å². The molecule has 2 unspecified atom stereocenters. The Morgan fingerprint density at radius 1 is 0.644 bits per heavy atom. The molecule has 0 aromatic rings. The second-order valence-electron chi connectivity index (χ2n) is 13.5. The van der Waals surface area contributed by atoms with Crippen LogP contribution in [0.2, 0.25) is 0 Å². The lowest BCUT2D eigenvalue weighted by atomic mass is 10.0. The predicted molar refractivity (Wildman–Crippen MR) is 181 cm³/mol. The van der Waals surface area contributed by atoms with E-state index in [0.29, 0.717) is 12.8 Å². The zero-order chi connectivity index (χ0) is 33.6. The highest BCUT2D eigenvalue weighted by Crippen LogP contribution is 2.14. The van der Waals surface area contributed by atoms with Crippen LogP contribution in [-0.2, 0) is 28.6 Å². The Labute approximate surface area is 276 Å². The molecule has 8 nitrogen and oxygen atoms in total. The van der Waals surface area contributed by atoms with Gasteiger partial charge in [-0.1, -0.05) is 122 Å². The predicted octanol–water partition coefficient (Wildman–Crippen LogP) is 7.46. The normalized spacial score (nSPS) is 13.2. The van der Waals surface area contributed by atoms with Gasteiger partial charge in [0.2, 0.25) is 0 Å². The molecule has 2 atom stereocenters. The van der Waals surface area contributed by atoms with E-state index in [1.165, 1.54) is 83.5 Å². The lowest BCUT2D eigenvalue weighted by Gasteiger charge is -2.34. The number of hydrogen-bond donors (Lipinski definition) is 0. The Morgan fingerprint density at radius 3 is 1.69 bits per heavy atom. The summed E-state index contributed by atoms with van der Waals surface area (Å²) in [5, 5.41) is 11.5. The van der Waals surface area contributed by atoms with Crippen LogP contribution < -0.4 is 5.11 Å². The number of allylic oxidation sites excluding steroid dienone is 2. The van der Waals surface area contributed by atoms with E-state index in [-0.39, 0.29) is 49.1 Å². The summed E-state index contributed by atoms with van der Waals surface area (Å²) in [6, 6.07) is -0.723. The first kappa shape index (κ1) is 43.1. The number of carboxylic acid groups (broad SMARTS) is 1. The topological polar surface area (TPSA) is 102 Å². The van der Waals surface area contributed by atoms with Gasteiger partial charge >= 0.3 is 11.9 Å². The molecular formula is C37H69NO7. The number of ether oxygens (including phenoxy) is 3. The van der Waals surface area contributed by atoms with Gasteiger partial charge in [-0.25, -0.2) is 0 Å². The highest BCUT2D eigenvalue weighted by Gasteiger charge is 2.25. The number of rotatable bonds is 32. The van der Waals surface area contributed by atoms with Gasteiger partial charge in [-0.15, -0.1) is 0 Å². The Morgan fingerprint density at radius 2 is 1.16 bits per heavy atom. The van der Waals surface area contributed by atoms with E-state index in [2.05, 4.69) is 19.9 Å². The molecule has 0 bridgehead atoms. The lowest BCUT2D eigenvalue weighted by Crippen LogP contribution is -2.55. The summed E-state index contributed by atoms with van der Waals surface area (Å²) in [4.78, 5) is 36.4. The first-order chi connectivity index (χ1) is 21.6. The zero-order valence-electron chi connectivity index (χ0n) is 29.8. The molecule has 264 valence electrons. The summed E-state index contributed by atoms with van der Waals surface area (Å²) >= 11 is 0. The summed E-state index contributed by atoms with van der Waals surface area (Å²) in [5.41, 5.74) is 0. The van der Waals surface area contributed by atoms with Gasteiger partial charge in [-0.2, -0.15) is 0 Å². The molecule has 0 amide bonds. The van der Waals surface area contributed by atoms with Crippen molar-refractivity contribution in [2.45, 2.75) is 167 Å². The fourth-order valence-electron chi connectivity index (χ4n) is 5.26. The van der Waals surface area contributed by atoms with Gasteiger partial charge in [0.15, 0.2) is 6.10 Å². The fraction of sp³-hybridized carbons (Fsp3) is 0.865. The van der Waals surface area contributed by atoms with E-state index in [1.807, 2.05) is 6.08 Å². The van der Waals surface area contributed by atoms with E-state index < -0.39 is 18.1 Å². The van der Waals surface area contributed by atoms with Crippen molar-refractivity contribution in [1.82, 2.24) is 0 Å². The van der Waals surface area contributed by atoms with Gasteiger partial charge in [0.05, 0.1) is 40.3 Å². The van der Waals surface area contributed by atoms with Crippen LogP contribution in [-0.4, -0.2) is 75.5 Å². The van der Waals surface area contributed by atoms with Gasteiger partial charge in [0.25, 0.3) is 0 Å². The third-order valence-electron chi connectivity index (χ3n) is 8.17. The third kappa shape index (κ3) is 28.1. The van der Waals surface area contributed by atoms with Crippen LogP contribution in [0.3, 0.4) is 0 Å². The van der Waals surface area contributed by atoms with Gasteiger partial charge in [-0.05, 0) is 25.7 Å². The number of quaternary nitrogens is 1. The maximum atomic E-state index is 12.6. The van der Waals surface area contributed by atoms with Crippen LogP contribution in [0, 0.1) is 0 Å². The molecule has 0 saturated carbocycles. The number of carboxylic acids is 1. The van der Waals surface area contributed by atoms with E-state index in [4.69, 9.17) is 14.2 Å². The van der Waals surface area contributed by atoms with Crippen molar-refractivity contribution < 1.29 is 38.2 Å². The minimum absolute atomic E-state index is 0.0337. The fourth-order valence-corrected chi connectivity index (χ4v) is 5.26. The molecule has 0 radical (unpaired) electrons. The van der Waals surface area contributed by atoms with E-state index in [0.717, 1.165) is 32.1 Å². The van der Waals surface area contributed by atoms with E-state index in [1.54, 1.807) is 21.1 Å². The third-order valence-corrected chi connectivity index (χ3v) is 8.17. The van der Waals surface area contributed by atoms with E-state index >= 15 is 0 Å². The largest absolute Gasteiger partial charge is 0.544 e. The first-order valence-corrected chi connectivity index (χ1v) is 18.2. The number of likely N-dealkylation sites (N-methyl/N-ethyl adjacent to an activating group) is 1. The lowest BCUT2D eigenvalue weighted by molar-refractivity contribution is -0.889. The molecular weight excluding hydrogens is 570 g/mol. The first-order valence-electron chi connectivity index (χ1n) is 18.2. The summed E-state index contributed by atoms with van der Waals surface area (Å²) in [6.07, 6.45) is 26.9. The maximum Gasteiger partial charge on any atom is 0.306 e. The van der Waals surface area contributed by atoms with Gasteiger partial charge in [-0.3, -0.25) is 9.59 Å². The average molecular weight is 640 g/mol. The van der Waals surface area contributed by atoms with Crippen molar-refractivity contribution >= 4 is 17.9 Å². The molecule has 0 aliphatic carbocycles. The molecule has 8 heteroatoms. The maximum absolute atomic E-state index is 12.6. The molecule has 0 aromatic heterocycles. The van der Waals surface area contributed by atoms with Crippen LogP contribution >= 0.6 is 0 Å².